The second-order valence-corrected chi connectivity index (χ2v) is 8.55. The lowest BCUT2D eigenvalue weighted by Gasteiger charge is -2.35. The fourth-order valence-corrected chi connectivity index (χ4v) is 4.62. The zero-order valence-electron chi connectivity index (χ0n) is 17.6. The Bertz CT molecular complexity index is 755. The molecule has 1 unspecified atom stereocenters. The zero-order valence-corrected chi connectivity index (χ0v) is 18.4. The molecule has 0 saturated carbocycles. The average molecular weight is 418 g/mol. The molecular weight excluding hydrogens is 386 g/mol. The van der Waals surface area contributed by atoms with Crippen LogP contribution in [0.5, 0.6) is 0 Å². The second kappa shape index (κ2) is 10.8. The third kappa shape index (κ3) is 6.32. The molecule has 3 rings (SSSR count). The summed E-state index contributed by atoms with van der Waals surface area (Å²) >= 11 is 1.62. The Morgan fingerprint density at radius 1 is 1.24 bits per heavy atom. The van der Waals surface area contributed by atoms with E-state index in [9.17, 15) is 4.79 Å². The van der Waals surface area contributed by atoms with Crippen molar-refractivity contribution >= 4 is 17.7 Å². The van der Waals surface area contributed by atoms with Gasteiger partial charge >= 0.3 is 0 Å². The summed E-state index contributed by atoms with van der Waals surface area (Å²) in [5.41, 5.74) is 3.16. The molecule has 2 heterocycles. The Hall–Kier alpha value is -1.83. The normalized spacial score (nSPS) is 16.0. The van der Waals surface area contributed by atoms with Crippen LogP contribution >= 0.6 is 11.8 Å². The van der Waals surface area contributed by atoms with Crippen LogP contribution in [0.25, 0.3) is 0 Å². The fourth-order valence-electron chi connectivity index (χ4n) is 3.56. The maximum absolute atomic E-state index is 13.2. The lowest BCUT2D eigenvalue weighted by molar-refractivity contribution is -0.131. The Labute approximate surface area is 177 Å². The number of hydrogen-bond donors (Lipinski definition) is 0. The first-order valence-electron chi connectivity index (χ1n) is 10.2. The molecule has 1 fully saturated rings. The van der Waals surface area contributed by atoms with Gasteiger partial charge in [0.1, 0.15) is 5.76 Å². The molecule has 1 aliphatic heterocycles. The first kappa shape index (κ1) is 21.9. The minimum absolute atomic E-state index is 0.139. The summed E-state index contributed by atoms with van der Waals surface area (Å²) in [6.07, 6.45) is 0. The predicted octanol–water partition coefficient (Wildman–Crippen LogP) is 3.27. The summed E-state index contributed by atoms with van der Waals surface area (Å²) in [5, 5.41) is 4.00. The molecule has 0 spiro atoms. The molecule has 1 amide bonds. The molecule has 1 saturated heterocycles. The van der Waals surface area contributed by atoms with Gasteiger partial charge in [0.25, 0.3) is 0 Å². The molecule has 6 nitrogen and oxygen atoms in total. The first-order valence-corrected chi connectivity index (χ1v) is 11.3. The summed E-state index contributed by atoms with van der Waals surface area (Å²) in [4.78, 5) is 17.6. The average Bonchev–Trinajstić information content (AvgIpc) is 3.05. The van der Waals surface area contributed by atoms with Crippen molar-refractivity contribution in [2.45, 2.75) is 39.1 Å². The van der Waals surface area contributed by atoms with E-state index >= 15 is 0 Å². The largest absolute Gasteiger partial charge is 0.379 e. The summed E-state index contributed by atoms with van der Waals surface area (Å²) < 4.78 is 10.7. The van der Waals surface area contributed by atoms with Crippen LogP contribution in [-0.2, 0) is 21.8 Å². The quantitative estimate of drug-likeness (QED) is 0.624. The minimum atomic E-state index is 0.139. The number of rotatable bonds is 9. The lowest BCUT2D eigenvalue weighted by atomic mass is 10.1. The number of hydrogen-bond acceptors (Lipinski definition) is 6. The van der Waals surface area contributed by atoms with Crippen LogP contribution in [0.1, 0.15) is 29.5 Å². The van der Waals surface area contributed by atoms with Crippen molar-refractivity contribution in [1.29, 1.82) is 0 Å². The van der Waals surface area contributed by atoms with E-state index in [1.165, 1.54) is 0 Å². The maximum atomic E-state index is 13.2. The number of carbonyl (C=O) groups is 1. The minimum Gasteiger partial charge on any atom is -0.379 e. The summed E-state index contributed by atoms with van der Waals surface area (Å²) in [6.45, 7) is 10.9. The van der Waals surface area contributed by atoms with Crippen molar-refractivity contribution in [2.24, 2.45) is 0 Å². The Kier molecular flexibility index (Phi) is 8.15. The fraction of sp³-hybridized carbons (Fsp3) is 0.545. The van der Waals surface area contributed by atoms with Gasteiger partial charge < -0.3 is 14.2 Å². The van der Waals surface area contributed by atoms with Crippen LogP contribution in [0.2, 0.25) is 0 Å². The van der Waals surface area contributed by atoms with Crippen LogP contribution in [0.4, 0.5) is 0 Å². The lowest BCUT2D eigenvalue weighted by Crippen LogP contribution is -2.48. The van der Waals surface area contributed by atoms with Crippen molar-refractivity contribution in [1.82, 2.24) is 15.0 Å². The molecule has 2 aromatic rings. The maximum Gasteiger partial charge on any atom is 0.233 e. The van der Waals surface area contributed by atoms with Crippen molar-refractivity contribution in [3.05, 3.63) is 52.9 Å². The first-order chi connectivity index (χ1) is 14.0. The van der Waals surface area contributed by atoms with E-state index in [-0.39, 0.29) is 11.9 Å². The Morgan fingerprint density at radius 3 is 2.62 bits per heavy atom. The third-order valence-corrected chi connectivity index (χ3v) is 6.27. The Morgan fingerprint density at radius 2 is 1.97 bits per heavy atom. The SMILES string of the molecule is Cc1noc(C)c1CSCC(=O)N(Cc1ccccc1)C(C)CN1CCOCC1. The van der Waals surface area contributed by atoms with E-state index in [0.717, 1.165) is 61.2 Å². The number of ether oxygens (including phenoxy) is 1. The topological polar surface area (TPSA) is 58.8 Å². The van der Waals surface area contributed by atoms with Gasteiger partial charge in [-0.3, -0.25) is 9.69 Å². The molecule has 0 aliphatic carbocycles. The van der Waals surface area contributed by atoms with Gasteiger partial charge in [-0.25, -0.2) is 0 Å². The summed E-state index contributed by atoms with van der Waals surface area (Å²) in [7, 11) is 0. The highest BCUT2D eigenvalue weighted by Gasteiger charge is 2.23. The van der Waals surface area contributed by atoms with Crippen molar-refractivity contribution in [2.75, 3.05) is 38.6 Å². The highest BCUT2D eigenvalue weighted by Crippen LogP contribution is 2.21. The second-order valence-electron chi connectivity index (χ2n) is 7.56. The van der Waals surface area contributed by atoms with Crippen LogP contribution in [0, 0.1) is 13.8 Å². The van der Waals surface area contributed by atoms with E-state index in [2.05, 4.69) is 29.1 Å². The number of amides is 1. The van der Waals surface area contributed by atoms with E-state index in [0.29, 0.717) is 12.3 Å². The van der Waals surface area contributed by atoms with E-state index in [1.807, 2.05) is 36.9 Å². The molecule has 158 valence electrons. The Balaban J connectivity index is 1.61. The highest BCUT2D eigenvalue weighted by atomic mass is 32.2. The monoisotopic (exact) mass is 417 g/mol. The van der Waals surface area contributed by atoms with Crippen molar-refractivity contribution < 1.29 is 14.1 Å². The molecule has 7 heteroatoms. The molecule has 1 aliphatic rings. The zero-order chi connectivity index (χ0) is 20.6. The van der Waals surface area contributed by atoms with Gasteiger partial charge in [-0.15, -0.1) is 11.8 Å². The number of nitrogens with zero attached hydrogens (tertiary/aromatic N) is 3. The number of aryl methyl sites for hydroxylation is 2. The standard InChI is InChI=1S/C22H31N3O3S/c1-17(13-24-9-11-27-12-10-24)25(14-20-7-5-4-6-8-20)22(26)16-29-15-21-18(2)23-28-19(21)3/h4-8,17H,9-16H2,1-3H3. The molecule has 0 bridgehead atoms. The molecule has 0 radical (unpaired) electrons. The highest BCUT2D eigenvalue weighted by molar-refractivity contribution is 7.99. The van der Waals surface area contributed by atoms with E-state index in [4.69, 9.17) is 9.26 Å². The molecular formula is C22H31N3O3S. The van der Waals surface area contributed by atoms with E-state index < -0.39 is 0 Å². The number of benzene rings is 1. The van der Waals surface area contributed by atoms with Crippen molar-refractivity contribution in [3.8, 4) is 0 Å². The number of thioether (sulfide) groups is 1. The number of carbonyl (C=O) groups excluding carboxylic acids is 1. The van der Waals surface area contributed by atoms with Gasteiger partial charge in [-0.2, -0.15) is 0 Å². The van der Waals surface area contributed by atoms with Crippen LogP contribution in [0.15, 0.2) is 34.9 Å². The van der Waals surface area contributed by atoms with Gasteiger partial charge in [-0.1, -0.05) is 35.5 Å². The molecule has 1 atom stereocenters. The van der Waals surface area contributed by atoms with E-state index in [1.54, 1.807) is 11.8 Å². The van der Waals surface area contributed by atoms with Crippen LogP contribution < -0.4 is 0 Å². The van der Waals surface area contributed by atoms with Gasteiger partial charge in [-0.05, 0) is 26.3 Å². The van der Waals surface area contributed by atoms with Gasteiger partial charge in [0.15, 0.2) is 0 Å². The molecule has 1 aromatic heterocycles. The molecule has 29 heavy (non-hydrogen) atoms. The van der Waals surface area contributed by atoms with Gasteiger partial charge in [0.2, 0.25) is 5.91 Å². The van der Waals surface area contributed by atoms with Crippen LogP contribution in [-0.4, -0.2) is 65.5 Å². The van der Waals surface area contributed by atoms with Crippen molar-refractivity contribution in [3.63, 3.8) is 0 Å². The van der Waals surface area contributed by atoms with Crippen LogP contribution in [0.3, 0.4) is 0 Å². The number of aromatic nitrogens is 1. The smallest absolute Gasteiger partial charge is 0.233 e. The summed E-state index contributed by atoms with van der Waals surface area (Å²) in [6, 6.07) is 10.4. The predicted molar refractivity (Wildman–Crippen MR) is 116 cm³/mol. The van der Waals surface area contributed by atoms with Gasteiger partial charge in [0.05, 0.1) is 24.7 Å². The molecule has 0 N–H and O–H groups in total. The number of morpholine rings is 1. The molecule has 1 aromatic carbocycles. The third-order valence-electron chi connectivity index (χ3n) is 5.33. The summed E-state index contributed by atoms with van der Waals surface area (Å²) in [5.74, 6) is 2.20. The van der Waals surface area contributed by atoms with Gasteiger partial charge in [0, 0.05) is 43.5 Å².